The number of ether oxygens (including phenoxy) is 2. The minimum Gasteiger partial charge on any atom is -0.482 e. The molecule has 3 atom stereocenters. The van der Waals surface area contributed by atoms with E-state index in [2.05, 4.69) is 15.2 Å². The Kier molecular flexibility index (Phi) is 9.02. The van der Waals surface area contributed by atoms with E-state index >= 15 is 0 Å². The number of amides is 2. The zero-order valence-electron chi connectivity index (χ0n) is 24.2. The number of aryl methyl sites for hydroxylation is 2. The quantitative estimate of drug-likeness (QED) is 0.506. The average Bonchev–Trinajstić information content (AvgIpc) is 2.84. The molecule has 2 heterocycles. The van der Waals surface area contributed by atoms with Crippen molar-refractivity contribution < 1.29 is 33.4 Å². The first-order chi connectivity index (χ1) is 18.1. The van der Waals surface area contributed by atoms with Crippen LogP contribution in [0.25, 0.3) is 0 Å². The lowest BCUT2D eigenvalue weighted by molar-refractivity contribution is -0.867. The van der Waals surface area contributed by atoms with Gasteiger partial charge < -0.3 is 19.9 Å². The zero-order valence-corrected chi connectivity index (χ0v) is 24.2. The fraction of sp³-hybridized carbons (Fsp3) is 0.517. The van der Waals surface area contributed by atoms with Crippen molar-refractivity contribution in [2.45, 2.75) is 59.3 Å². The monoisotopic (exact) mass is 541 g/mol. The number of pyridine rings is 1. The van der Waals surface area contributed by atoms with Gasteiger partial charge in [-0.3, -0.25) is 14.7 Å². The van der Waals surface area contributed by atoms with Crippen LogP contribution in [0.3, 0.4) is 0 Å². The van der Waals surface area contributed by atoms with Crippen molar-refractivity contribution in [2.75, 3.05) is 40.3 Å². The second-order valence-corrected chi connectivity index (χ2v) is 11.5. The smallest absolute Gasteiger partial charge is 0.482 e. The second-order valence-electron chi connectivity index (χ2n) is 11.5. The molecule has 0 radical (unpaired) electrons. The summed E-state index contributed by atoms with van der Waals surface area (Å²) in [7, 11) is 3.40. The summed E-state index contributed by atoms with van der Waals surface area (Å²) in [5.41, 5.74) is 1.78. The Balaban J connectivity index is 1.90. The third-order valence-electron chi connectivity index (χ3n) is 7.17. The fourth-order valence-corrected chi connectivity index (χ4v) is 4.59. The molecule has 10 heteroatoms. The van der Waals surface area contributed by atoms with Gasteiger partial charge in [0.2, 0.25) is 0 Å². The highest BCUT2D eigenvalue weighted by atomic mass is 16.6. The SMILES string of the molecule is CNC(=O)c1cc(C(=O)O)c(C)cc1O[C@H](CN1CC[N+](C)(C(=O)OC(C)(C)C)[C@H](C)C1)c1ccc(C)cn1. The summed E-state index contributed by atoms with van der Waals surface area (Å²) in [5.74, 6) is -1.28. The molecule has 1 aromatic carbocycles. The number of aromatic nitrogens is 1. The van der Waals surface area contributed by atoms with Gasteiger partial charge in [-0.25, -0.2) is 9.28 Å². The molecule has 1 saturated heterocycles. The van der Waals surface area contributed by atoms with Crippen LogP contribution in [0.1, 0.15) is 71.3 Å². The summed E-state index contributed by atoms with van der Waals surface area (Å²) >= 11 is 0. The first-order valence-corrected chi connectivity index (χ1v) is 13.1. The van der Waals surface area contributed by atoms with E-state index in [0.29, 0.717) is 37.4 Å². The number of hydrogen-bond donors (Lipinski definition) is 2. The number of aromatic carboxylic acids is 1. The van der Waals surface area contributed by atoms with Gasteiger partial charge in [0, 0.05) is 26.3 Å². The Morgan fingerprint density at radius 3 is 2.44 bits per heavy atom. The molecule has 1 unspecified atom stereocenters. The third kappa shape index (κ3) is 7.13. The van der Waals surface area contributed by atoms with E-state index in [1.54, 1.807) is 19.2 Å². The van der Waals surface area contributed by atoms with Crippen molar-refractivity contribution in [2.24, 2.45) is 0 Å². The van der Waals surface area contributed by atoms with E-state index in [4.69, 9.17) is 9.47 Å². The maximum atomic E-state index is 13.0. The molecule has 0 aliphatic carbocycles. The molecule has 0 bridgehead atoms. The van der Waals surface area contributed by atoms with Crippen LogP contribution in [0.15, 0.2) is 30.5 Å². The van der Waals surface area contributed by atoms with Gasteiger partial charge in [-0.05, 0) is 70.9 Å². The lowest BCUT2D eigenvalue weighted by Gasteiger charge is -2.45. The molecule has 10 nitrogen and oxygen atoms in total. The number of rotatable bonds is 7. The van der Waals surface area contributed by atoms with Crippen LogP contribution in [0, 0.1) is 13.8 Å². The van der Waals surface area contributed by atoms with E-state index in [9.17, 15) is 19.5 Å². The lowest BCUT2D eigenvalue weighted by Crippen LogP contribution is -2.66. The molecule has 2 N–H and O–H groups in total. The number of hydrogen-bond acceptors (Lipinski definition) is 7. The molecule has 1 aliphatic rings. The number of quaternary nitrogens is 1. The predicted molar refractivity (Wildman–Crippen MR) is 147 cm³/mol. The van der Waals surface area contributed by atoms with Crippen molar-refractivity contribution in [1.29, 1.82) is 0 Å². The Morgan fingerprint density at radius 2 is 1.90 bits per heavy atom. The largest absolute Gasteiger partial charge is 0.516 e. The normalized spacial score (nSPS) is 20.7. The molecule has 1 aromatic heterocycles. The van der Waals surface area contributed by atoms with Gasteiger partial charge in [0.15, 0.2) is 6.10 Å². The molecule has 2 aromatic rings. The molecule has 39 heavy (non-hydrogen) atoms. The highest BCUT2D eigenvalue weighted by molar-refractivity contribution is 6.00. The maximum absolute atomic E-state index is 13.0. The molecular weight excluding hydrogens is 500 g/mol. The standard InChI is InChI=1S/C29H40N4O6/c1-18-9-10-23(31-15-18)25(38-24-13-19(2)21(27(35)36)14-22(24)26(34)30-7)17-32-11-12-33(8,20(3)16-32)28(37)39-29(4,5)6/h9-10,13-15,20,25H,11-12,16-17H2,1-8H3,(H-,30,34,35,36)/p+1/t20-,25-,33?/m1/s1. The molecule has 212 valence electrons. The Hall–Kier alpha value is -3.50. The molecule has 3 rings (SSSR count). The number of nitrogens with one attached hydrogen (secondary N) is 1. The maximum Gasteiger partial charge on any atom is 0.516 e. The molecule has 1 aliphatic heterocycles. The van der Waals surface area contributed by atoms with Crippen molar-refractivity contribution in [3.8, 4) is 5.75 Å². The highest BCUT2D eigenvalue weighted by Crippen LogP contribution is 2.30. The topological polar surface area (TPSA) is 118 Å². The summed E-state index contributed by atoms with van der Waals surface area (Å²) in [6, 6.07) is 6.75. The Morgan fingerprint density at radius 1 is 1.21 bits per heavy atom. The molecule has 0 saturated carbocycles. The van der Waals surface area contributed by atoms with Crippen molar-refractivity contribution in [1.82, 2.24) is 15.2 Å². The van der Waals surface area contributed by atoms with E-state index in [1.165, 1.54) is 13.1 Å². The summed E-state index contributed by atoms with van der Waals surface area (Å²) in [6.45, 7) is 13.5. The minimum atomic E-state index is -1.12. The van der Waals surface area contributed by atoms with Crippen LogP contribution in [0.5, 0.6) is 5.75 Å². The third-order valence-corrected chi connectivity index (χ3v) is 7.17. The van der Waals surface area contributed by atoms with Crippen molar-refractivity contribution in [3.63, 3.8) is 0 Å². The van der Waals surface area contributed by atoms with Crippen LogP contribution in [-0.2, 0) is 4.74 Å². The van der Waals surface area contributed by atoms with E-state index in [-0.39, 0.29) is 33.5 Å². The molecule has 2 amide bonds. The van der Waals surface area contributed by atoms with Crippen LogP contribution in [0.4, 0.5) is 4.79 Å². The summed E-state index contributed by atoms with van der Waals surface area (Å²) in [4.78, 5) is 44.3. The van der Waals surface area contributed by atoms with Crippen LogP contribution < -0.4 is 10.1 Å². The first-order valence-electron chi connectivity index (χ1n) is 13.1. The van der Waals surface area contributed by atoms with Crippen LogP contribution in [-0.4, -0.2) is 89.4 Å². The number of nitrogens with zero attached hydrogens (tertiary/aromatic N) is 3. The van der Waals surface area contributed by atoms with E-state index in [1.807, 2.05) is 53.8 Å². The first kappa shape index (κ1) is 30.0. The predicted octanol–water partition coefficient (Wildman–Crippen LogP) is 3.96. The van der Waals surface area contributed by atoms with Gasteiger partial charge in [0.25, 0.3) is 5.91 Å². The number of carboxylic acid groups (broad SMARTS) is 1. The summed E-state index contributed by atoms with van der Waals surface area (Å²) in [5, 5.41) is 12.1. The molecule has 1 fully saturated rings. The Labute approximate surface area is 230 Å². The molecular formula is C29H41N4O6+. The van der Waals surface area contributed by atoms with E-state index < -0.39 is 23.6 Å². The van der Waals surface area contributed by atoms with Crippen LogP contribution in [0.2, 0.25) is 0 Å². The number of carbonyl (C=O) groups is 3. The number of carboxylic acids is 1. The minimum absolute atomic E-state index is 0.0289. The second kappa shape index (κ2) is 11.7. The number of carbonyl (C=O) groups excluding carboxylic acids is 2. The molecule has 0 spiro atoms. The number of likely N-dealkylation sites (N-methyl/N-ethyl adjacent to an activating group) is 1. The lowest BCUT2D eigenvalue weighted by atomic mass is 10.0. The van der Waals surface area contributed by atoms with E-state index in [0.717, 1.165) is 5.56 Å². The van der Waals surface area contributed by atoms with Gasteiger partial charge in [-0.2, -0.15) is 4.79 Å². The van der Waals surface area contributed by atoms with Gasteiger partial charge >= 0.3 is 12.1 Å². The van der Waals surface area contributed by atoms with Gasteiger partial charge in [0.05, 0.1) is 30.4 Å². The summed E-state index contributed by atoms with van der Waals surface area (Å²) < 4.78 is 12.3. The summed E-state index contributed by atoms with van der Waals surface area (Å²) in [6.07, 6.45) is 0.973. The average molecular weight is 542 g/mol. The van der Waals surface area contributed by atoms with Gasteiger partial charge in [0.1, 0.15) is 23.9 Å². The van der Waals surface area contributed by atoms with Gasteiger partial charge in [-0.1, -0.05) is 6.07 Å². The van der Waals surface area contributed by atoms with Crippen molar-refractivity contribution in [3.05, 3.63) is 58.4 Å². The number of benzene rings is 1. The number of piperazine rings is 1. The van der Waals surface area contributed by atoms with Crippen molar-refractivity contribution >= 4 is 18.0 Å². The van der Waals surface area contributed by atoms with Gasteiger partial charge in [-0.15, -0.1) is 0 Å². The fourth-order valence-electron chi connectivity index (χ4n) is 4.59. The Bertz CT molecular complexity index is 1220. The zero-order chi connectivity index (χ0) is 29.1. The highest BCUT2D eigenvalue weighted by Gasteiger charge is 2.45. The van der Waals surface area contributed by atoms with Crippen LogP contribution >= 0.6 is 0 Å².